The minimum atomic E-state index is -0.945. The number of nitrogens with one attached hydrogen (secondary N) is 1. The van der Waals surface area contributed by atoms with E-state index >= 15 is 0 Å². The van der Waals surface area contributed by atoms with Gasteiger partial charge >= 0.3 is 5.97 Å². The van der Waals surface area contributed by atoms with Crippen LogP contribution in [-0.4, -0.2) is 51.6 Å². The van der Waals surface area contributed by atoms with Crippen molar-refractivity contribution in [1.29, 1.82) is 0 Å². The van der Waals surface area contributed by atoms with E-state index in [0.29, 0.717) is 11.7 Å². The number of amides is 1. The van der Waals surface area contributed by atoms with E-state index in [0.717, 1.165) is 25.9 Å². The SMILES string of the molecule is O=C(O)Cn1cccc1C(=O)NC1CCN2CCCCC12. The van der Waals surface area contributed by atoms with Gasteiger partial charge in [-0.05, 0) is 37.9 Å². The molecule has 2 atom stereocenters. The van der Waals surface area contributed by atoms with Crippen LogP contribution in [0.5, 0.6) is 0 Å². The number of carboxylic acids is 1. The van der Waals surface area contributed by atoms with Crippen molar-refractivity contribution in [2.45, 2.75) is 44.3 Å². The van der Waals surface area contributed by atoms with Crippen molar-refractivity contribution in [3.8, 4) is 0 Å². The second-order valence-corrected chi connectivity index (χ2v) is 5.88. The fourth-order valence-electron chi connectivity index (χ4n) is 3.56. The third-order valence-electron chi connectivity index (χ3n) is 4.54. The van der Waals surface area contributed by atoms with Crippen LogP contribution in [0.15, 0.2) is 18.3 Å². The normalized spacial score (nSPS) is 25.5. The number of fused-ring (bicyclic) bond motifs is 1. The molecule has 2 aliphatic heterocycles. The van der Waals surface area contributed by atoms with Gasteiger partial charge in [0.2, 0.25) is 0 Å². The monoisotopic (exact) mass is 291 g/mol. The molecule has 0 spiro atoms. The highest BCUT2D eigenvalue weighted by atomic mass is 16.4. The van der Waals surface area contributed by atoms with E-state index in [1.807, 2.05) is 0 Å². The van der Waals surface area contributed by atoms with Gasteiger partial charge in [-0.25, -0.2) is 0 Å². The summed E-state index contributed by atoms with van der Waals surface area (Å²) >= 11 is 0. The molecule has 1 aromatic heterocycles. The first kappa shape index (κ1) is 14.1. The molecular formula is C15H21N3O3. The van der Waals surface area contributed by atoms with Crippen molar-refractivity contribution >= 4 is 11.9 Å². The Bertz CT molecular complexity index is 540. The number of hydrogen-bond donors (Lipinski definition) is 2. The predicted octanol–water partition coefficient (Wildman–Crippen LogP) is 0.929. The summed E-state index contributed by atoms with van der Waals surface area (Å²) < 4.78 is 1.48. The molecule has 114 valence electrons. The molecule has 0 aliphatic carbocycles. The maximum absolute atomic E-state index is 12.4. The number of hydrogen-bond acceptors (Lipinski definition) is 3. The Balaban J connectivity index is 1.66. The predicted molar refractivity (Wildman–Crippen MR) is 77.2 cm³/mol. The van der Waals surface area contributed by atoms with Crippen LogP contribution in [-0.2, 0) is 11.3 Å². The molecule has 0 aromatic carbocycles. The summed E-state index contributed by atoms with van der Waals surface area (Å²) in [5.41, 5.74) is 0.423. The fraction of sp³-hybridized carbons (Fsp3) is 0.600. The molecule has 0 radical (unpaired) electrons. The van der Waals surface area contributed by atoms with Crippen molar-refractivity contribution in [1.82, 2.24) is 14.8 Å². The molecule has 2 aliphatic rings. The largest absolute Gasteiger partial charge is 0.480 e. The highest BCUT2D eigenvalue weighted by Crippen LogP contribution is 2.27. The Labute approximate surface area is 123 Å². The number of carboxylic acid groups (broad SMARTS) is 1. The second kappa shape index (κ2) is 5.89. The van der Waals surface area contributed by atoms with Gasteiger partial charge in [0.05, 0.1) is 0 Å². The number of aromatic nitrogens is 1. The lowest BCUT2D eigenvalue weighted by Crippen LogP contribution is -2.47. The molecule has 3 heterocycles. The molecule has 2 N–H and O–H groups in total. The third-order valence-corrected chi connectivity index (χ3v) is 4.54. The Morgan fingerprint density at radius 1 is 1.29 bits per heavy atom. The number of aliphatic carboxylic acids is 1. The summed E-state index contributed by atoms with van der Waals surface area (Å²) in [7, 11) is 0. The van der Waals surface area contributed by atoms with Crippen molar-refractivity contribution in [3.05, 3.63) is 24.0 Å². The number of carbonyl (C=O) groups is 2. The third kappa shape index (κ3) is 2.95. The summed E-state index contributed by atoms with van der Waals surface area (Å²) in [4.78, 5) is 25.7. The zero-order chi connectivity index (χ0) is 14.8. The lowest BCUT2D eigenvalue weighted by molar-refractivity contribution is -0.137. The van der Waals surface area contributed by atoms with Gasteiger partial charge in [-0.2, -0.15) is 0 Å². The van der Waals surface area contributed by atoms with Gasteiger partial charge in [0.15, 0.2) is 0 Å². The molecule has 0 saturated carbocycles. The summed E-state index contributed by atoms with van der Waals surface area (Å²) in [6.45, 7) is 1.99. The average Bonchev–Trinajstić information content (AvgIpc) is 3.06. The Hall–Kier alpha value is -1.82. The van der Waals surface area contributed by atoms with Gasteiger partial charge in [0.25, 0.3) is 5.91 Å². The molecule has 6 heteroatoms. The first-order valence-corrected chi connectivity index (χ1v) is 7.57. The maximum Gasteiger partial charge on any atom is 0.323 e. The molecule has 2 saturated heterocycles. The maximum atomic E-state index is 12.4. The van der Waals surface area contributed by atoms with Crippen LogP contribution in [0.25, 0.3) is 0 Å². The summed E-state index contributed by atoms with van der Waals surface area (Å²) in [6, 6.07) is 4.02. The van der Waals surface area contributed by atoms with Crippen molar-refractivity contribution in [2.75, 3.05) is 13.1 Å². The van der Waals surface area contributed by atoms with Crippen LogP contribution in [0.4, 0.5) is 0 Å². The van der Waals surface area contributed by atoms with E-state index in [1.54, 1.807) is 18.3 Å². The van der Waals surface area contributed by atoms with Crippen LogP contribution >= 0.6 is 0 Å². The Kier molecular flexibility index (Phi) is 3.96. The number of rotatable bonds is 4. The molecule has 1 aromatic rings. The molecule has 1 amide bonds. The van der Waals surface area contributed by atoms with Crippen molar-refractivity contribution in [3.63, 3.8) is 0 Å². The highest BCUT2D eigenvalue weighted by molar-refractivity contribution is 5.93. The number of nitrogens with zero attached hydrogens (tertiary/aromatic N) is 2. The summed E-state index contributed by atoms with van der Waals surface area (Å²) in [5.74, 6) is -1.11. The van der Waals surface area contributed by atoms with Gasteiger partial charge in [-0.1, -0.05) is 6.42 Å². The molecule has 21 heavy (non-hydrogen) atoms. The lowest BCUT2D eigenvalue weighted by Gasteiger charge is -2.32. The van der Waals surface area contributed by atoms with E-state index in [1.165, 1.54) is 17.4 Å². The van der Waals surface area contributed by atoms with E-state index in [-0.39, 0.29) is 18.5 Å². The van der Waals surface area contributed by atoms with E-state index in [9.17, 15) is 9.59 Å². The minimum absolute atomic E-state index is 0.168. The van der Waals surface area contributed by atoms with Gasteiger partial charge < -0.3 is 15.0 Å². The topological polar surface area (TPSA) is 74.6 Å². The van der Waals surface area contributed by atoms with Crippen LogP contribution in [0.1, 0.15) is 36.2 Å². The fourth-order valence-corrected chi connectivity index (χ4v) is 3.56. The van der Waals surface area contributed by atoms with Crippen molar-refractivity contribution < 1.29 is 14.7 Å². The highest BCUT2D eigenvalue weighted by Gasteiger charge is 2.36. The zero-order valence-corrected chi connectivity index (χ0v) is 12.0. The minimum Gasteiger partial charge on any atom is -0.480 e. The standard InChI is InChI=1S/C15H21N3O3/c19-14(20)10-18-8-3-5-13(18)15(21)16-11-6-9-17-7-2-1-4-12(11)17/h3,5,8,11-12H,1-2,4,6-7,9-10H2,(H,16,21)(H,19,20). The smallest absolute Gasteiger partial charge is 0.323 e. The van der Waals surface area contributed by atoms with Crippen LogP contribution in [0.3, 0.4) is 0 Å². The first-order valence-electron chi connectivity index (χ1n) is 7.57. The summed E-state index contributed by atoms with van der Waals surface area (Å²) in [6.07, 6.45) is 6.23. The van der Waals surface area contributed by atoms with Crippen LogP contribution in [0, 0.1) is 0 Å². The van der Waals surface area contributed by atoms with Gasteiger partial charge in [-0.3, -0.25) is 14.5 Å². The van der Waals surface area contributed by atoms with Gasteiger partial charge in [0, 0.05) is 24.8 Å². The summed E-state index contributed by atoms with van der Waals surface area (Å²) in [5, 5.41) is 12.0. The van der Waals surface area contributed by atoms with Gasteiger partial charge in [0.1, 0.15) is 12.2 Å². The molecule has 0 bridgehead atoms. The van der Waals surface area contributed by atoms with Crippen LogP contribution in [0.2, 0.25) is 0 Å². The molecule has 3 rings (SSSR count). The zero-order valence-electron chi connectivity index (χ0n) is 12.0. The molecule has 2 fully saturated rings. The Morgan fingerprint density at radius 3 is 2.95 bits per heavy atom. The molecule has 6 nitrogen and oxygen atoms in total. The number of carbonyl (C=O) groups excluding carboxylic acids is 1. The van der Waals surface area contributed by atoms with E-state index in [2.05, 4.69) is 10.2 Å². The molecular weight excluding hydrogens is 270 g/mol. The van der Waals surface area contributed by atoms with E-state index < -0.39 is 5.97 Å². The number of piperidine rings is 1. The quantitative estimate of drug-likeness (QED) is 0.865. The average molecular weight is 291 g/mol. The lowest BCUT2D eigenvalue weighted by atomic mass is 9.99. The van der Waals surface area contributed by atoms with Gasteiger partial charge in [-0.15, -0.1) is 0 Å². The first-order chi connectivity index (χ1) is 10.1. The Morgan fingerprint density at radius 2 is 2.14 bits per heavy atom. The molecule has 2 unspecified atom stereocenters. The van der Waals surface area contributed by atoms with Crippen molar-refractivity contribution in [2.24, 2.45) is 0 Å². The van der Waals surface area contributed by atoms with Crippen LogP contribution < -0.4 is 5.32 Å². The second-order valence-electron chi connectivity index (χ2n) is 5.88. The van der Waals surface area contributed by atoms with E-state index in [4.69, 9.17) is 5.11 Å².